The lowest BCUT2D eigenvalue weighted by molar-refractivity contribution is -0.139. The molecule has 0 aliphatic carbocycles. The van der Waals surface area contributed by atoms with Gasteiger partial charge in [0.2, 0.25) is 0 Å². The largest absolute Gasteiger partial charge is 0.466 e. The van der Waals surface area contributed by atoms with Crippen molar-refractivity contribution in [2.24, 2.45) is 5.73 Å². The van der Waals surface area contributed by atoms with Crippen molar-refractivity contribution in [3.63, 3.8) is 0 Å². The van der Waals surface area contributed by atoms with Gasteiger partial charge in [-0.05, 0) is 48.0 Å². The van der Waals surface area contributed by atoms with Gasteiger partial charge in [-0.2, -0.15) is 5.26 Å². The summed E-state index contributed by atoms with van der Waals surface area (Å²) >= 11 is 12.1. The normalized spacial score (nSPS) is 14.9. The Balaban J connectivity index is 1.80. The van der Waals surface area contributed by atoms with E-state index in [4.69, 9.17) is 38.4 Å². The Labute approximate surface area is 240 Å². The Morgan fingerprint density at radius 1 is 0.950 bits per heavy atom. The van der Waals surface area contributed by atoms with E-state index in [9.17, 15) is 19.6 Å². The number of halogens is 2. The number of carbonyl (C=O) groups excluding carboxylic acids is 3. The number of nitriles is 1. The van der Waals surface area contributed by atoms with Crippen molar-refractivity contribution in [3.05, 3.63) is 117 Å². The Hall–Kier alpha value is -4.78. The Kier molecular flexibility index (Phi) is 8.43. The van der Waals surface area contributed by atoms with Crippen LogP contribution >= 0.6 is 23.2 Å². The van der Waals surface area contributed by atoms with E-state index in [-0.39, 0.29) is 33.3 Å². The fraction of sp³-hybridized carbons (Fsp3) is 0.103. The number of allylic oxidation sites excluding steroid dienone is 1. The molecule has 1 aliphatic rings. The van der Waals surface area contributed by atoms with Crippen LogP contribution in [0.5, 0.6) is 0 Å². The maximum absolute atomic E-state index is 13.2. The first-order valence-electron chi connectivity index (χ1n) is 11.7. The zero-order valence-corrected chi connectivity index (χ0v) is 22.8. The number of hydrogen-bond acceptors (Lipinski definition) is 8. The van der Waals surface area contributed by atoms with Gasteiger partial charge in [0, 0.05) is 16.4 Å². The van der Waals surface area contributed by atoms with Crippen molar-refractivity contribution < 1.29 is 23.9 Å². The predicted octanol–water partition coefficient (Wildman–Crippen LogP) is 5.14. The number of esters is 2. The minimum atomic E-state index is -0.980. The summed E-state index contributed by atoms with van der Waals surface area (Å²) in [7, 11) is 2.34. The summed E-state index contributed by atoms with van der Waals surface area (Å²) in [6.07, 6.45) is 0. The molecule has 0 spiro atoms. The molecule has 3 aromatic carbocycles. The molecule has 9 nitrogen and oxygen atoms in total. The summed E-state index contributed by atoms with van der Waals surface area (Å²) in [5.41, 5.74) is 7.72. The number of anilines is 2. The average Bonchev–Trinajstić information content (AvgIpc) is 2.96. The minimum Gasteiger partial charge on any atom is -0.466 e. The van der Waals surface area contributed by atoms with Crippen LogP contribution in [0.2, 0.25) is 10.0 Å². The highest BCUT2D eigenvalue weighted by Gasteiger charge is 2.42. The zero-order chi connectivity index (χ0) is 29.0. The molecular formula is C29H22Cl2N4O5. The van der Waals surface area contributed by atoms with Gasteiger partial charge in [0.15, 0.2) is 0 Å². The molecule has 1 heterocycles. The summed E-state index contributed by atoms with van der Waals surface area (Å²) < 4.78 is 10.1. The molecule has 1 unspecified atom stereocenters. The summed E-state index contributed by atoms with van der Waals surface area (Å²) in [4.78, 5) is 40.3. The molecule has 0 saturated carbocycles. The molecule has 0 radical (unpaired) electrons. The predicted molar refractivity (Wildman–Crippen MR) is 150 cm³/mol. The highest BCUT2D eigenvalue weighted by atomic mass is 35.5. The lowest BCUT2D eigenvalue weighted by Crippen LogP contribution is -2.40. The smallest absolute Gasteiger partial charge is 0.355 e. The molecule has 40 heavy (non-hydrogen) atoms. The fourth-order valence-corrected chi connectivity index (χ4v) is 4.84. The van der Waals surface area contributed by atoms with Gasteiger partial charge in [-0.3, -0.25) is 9.69 Å². The molecule has 0 fully saturated rings. The van der Waals surface area contributed by atoms with E-state index < -0.39 is 23.8 Å². The van der Waals surface area contributed by atoms with E-state index in [2.05, 4.69) is 11.4 Å². The number of methoxy groups -OCH3 is 2. The van der Waals surface area contributed by atoms with E-state index in [1.807, 2.05) is 0 Å². The molecule has 1 atom stereocenters. The molecule has 0 aromatic heterocycles. The van der Waals surface area contributed by atoms with Crippen molar-refractivity contribution in [1.82, 2.24) is 0 Å². The molecule has 0 bridgehead atoms. The third kappa shape index (κ3) is 5.36. The number of nitrogens with zero attached hydrogens (tertiary/aromatic N) is 2. The zero-order valence-electron chi connectivity index (χ0n) is 21.3. The SMILES string of the molecule is COC(=O)C1=C(C(=O)OC)N(c2ccc(NC(=O)c3ccc(Cl)cc3Cl)cc2)C(N)=C(C#N)C1c1ccccc1. The van der Waals surface area contributed by atoms with Gasteiger partial charge in [-0.15, -0.1) is 0 Å². The quantitative estimate of drug-likeness (QED) is 0.385. The maximum atomic E-state index is 13.2. The number of benzene rings is 3. The number of rotatable bonds is 6. The first kappa shape index (κ1) is 28.2. The third-order valence-corrected chi connectivity index (χ3v) is 6.72. The van der Waals surface area contributed by atoms with Crippen LogP contribution in [0.25, 0.3) is 0 Å². The molecule has 1 amide bonds. The number of ether oxygens (including phenoxy) is 2. The van der Waals surface area contributed by atoms with Crippen molar-refractivity contribution in [2.45, 2.75) is 5.92 Å². The molecule has 1 aliphatic heterocycles. The highest BCUT2D eigenvalue weighted by Crippen LogP contribution is 2.43. The van der Waals surface area contributed by atoms with Crippen LogP contribution in [-0.2, 0) is 19.1 Å². The van der Waals surface area contributed by atoms with E-state index in [1.165, 1.54) is 31.3 Å². The standard InChI is InChI=1S/C29H22Cl2N4O5/c1-39-28(37)24-23(16-6-4-3-5-7-16)21(15-32)26(33)35(25(24)29(38)40-2)19-11-9-18(10-12-19)34-27(36)20-13-8-17(30)14-22(20)31/h3-14,23H,33H2,1-2H3,(H,34,36). The number of hydrogen-bond donors (Lipinski definition) is 2. The molecular weight excluding hydrogens is 555 g/mol. The van der Waals surface area contributed by atoms with Crippen molar-refractivity contribution in [1.29, 1.82) is 5.26 Å². The van der Waals surface area contributed by atoms with Gasteiger partial charge in [-0.25, -0.2) is 9.59 Å². The summed E-state index contributed by atoms with van der Waals surface area (Å²) in [5.74, 6) is -3.22. The van der Waals surface area contributed by atoms with Crippen molar-refractivity contribution in [3.8, 4) is 6.07 Å². The van der Waals surface area contributed by atoms with Gasteiger partial charge < -0.3 is 20.5 Å². The van der Waals surface area contributed by atoms with Gasteiger partial charge >= 0.3 is 11.9 Å². The van der Waals surface area contributed by atoms with Gasteiger partial charge in [0.1, 0.15) is 11.5 Å². The summed E-state index contributed by atoms with van der Waals surface area (Å²) in [5, 5.41) is 13.4. The second kappa shape index (κ2) is 11.9. The third-order valence-electron chi connectivity index (χ3n) is 6.17. The van der Waals surface area contributed by atoms with Crippen LogP contribution in [-0.4, -0.2) is 32.1 Å². The summed E-state index contributed by atoms with van der Waals surface area (Å²) in [6.45, 7) is 0. The Morgan fingerprint density at radius 2 is 1.60 bits per heavy atom. The first-order valence-corrected chi connectivity index (χ1v) is 12.5. The number of carbonyl (C=O) groups is 3. The molecule has 11 heteroatoms. The number of nitrogens with two attached hydrogens (primary N) is 1. The van der Waals surface area contributed by atoms with Gasteiger partial charge in [-0.1, -0.05) is 53.5 Å². The van der Waals surface area contributed by atoms with Crippen molar-refractivity contribution in [2.75, 3.05) is 24.4 Å². The molecule has 202 valence electrons. The van der Waals surface area contributed by atoms with Crippen LogP contribution < -0.4 is 16.0 Å². The van der Waals surface area contributed by atoms with Gasteiger partial charge in [0.25, 0.3) is 5.91 Å². The fourth-order valence-electron chi connectivity index (χ4n) is 4.35. The van der Waals surface area contributed by atoms with Crippen LogP contribution in [0.4, 0.5) is 11.4 Å². The molecule has 0 saturated heterocycles. The van der Waals surface area contributed by atoms with Gasteiger partial charge in [0.05, 0.1) is 47.9 Å². The van der Waals surface area contributed by atoms with E-state index in [0.717, 1.165) is 0 Å². The lowest BCUT2D eigenvalue weighted by Gasteiger charge is -2.35. The summed E-state index contributed by atoms with van der Waals surface area (Å²) in [6, 6.07) is 21.5. The lowest BCUT2D eigenvalue weighted by atomic mass is 9.81. The molecule has 3 N–H and O–H groups in total. The first-order chi connectivity index (χ1) is 19.2. The maximum Gasteiger partial charge on any atom is 0.355 e. The number of nitrogens with one attached hydrogen (secondary N) is 1. The second-order valence-corrected chi connectivity index (χ2v) is 9.30. The highest BCUT2D eigenvalue weighted by molar-refractivity contribution is 6.37. The van der Waals surface area contributed by atoms with Crippen molar-refractivity contribution >= 4 is 52.4 Å². The second-order valence-electron chi connectivity index (χ2n) is 8.46. The Bertz CT molecular complexity index is 1590. The topological polar surface area (TPSA) is 135 Å². The molecule has 3 aromatic rings. The molecule has 4 rings (SSSR count). The van der Waals surface area contributed by atoms with Crippen LogP contribution in [0.3, 0.4) is 0 Å². The van der Waals surface area contributed by atoms with E-state index >= 15 is 0 Å². The monoisotopic (exact) mass is 576 g/mol. The van der Waals surface area contributed by atoms with Crippen LogP contribution in [0, 0.1) is 11.3 Å². The average molecular weight is 577 g/mol. The van der Waals surface area contributed by atoms with Crippen LogP contribution in [0.15, 0.2) is 95.5 Å². The van der Waals surface area contributed by atoms with E-state index in [0.29, 0.717) is 22.0 Å². The van der Waals surface area contributed by atoms with E-state index in [1.54, 1.807) is 60.7 Å². The minimum absolute atomic E-state index is 0.0361. The van der Waals surface area contributed by atoms with Crippen LogP contribution in [0.1, 0.15) is 21.8 Å². The number of amides is 1. The Morgan fingerprint density at radius 3 is 2.17 bits per heavy atom.